The van der Waals surface area contributed by atoms with Crippen LogP contribution in [0.3, 0.4) is 0 Å². The lowest BCUT2D eigenvalue weighted by molar-refractivity contribution is -0.149. The molecule has 1 aromatic heterocycles. The molecule has 2 aromatic rings. The Bertz CT molecular complexity index is 843. The quantitative estimate of drug-likeness (QED) is 0.442. The lowest BCUT2D eigenvalue weighted by atomic mass is 9.94. The number of likely N-dealkylation sites (tertiary alicyclic amines) is 1. The molecule has 7 heteroatoms. The van der Waals surface area contributed by atoms with Crippen molar-refractivity contribution in [1.29, 1.82) is 0 Å². The molecule has 2 atom stereocenters. The Balaban J connectivity index is 0.000000326. The number of aromatic nitrogens is 1. The van der Waals surface area contributed by atoms with Gasteiger partial charge in [-0.05, 0) is 58.7 Å². The first-order chi connectivity index (χ1) is 16.1. The number of likely N-dealkylation sites (N-methyl/N-ethyl adjacent to an activating group) is 1. The summed E-state index contributed by atoms with van der Waals surface area (Å²) in [4.78, 5) is 29.9. The molecule has 0 saturated carbocycles. The second-order valence-corrected chi connectivity index (χ2v) is 9.61. The molecule has 3 rings (SSSR count). The van der Waals surface area contributed by atoms with Crippen LogP contribution in [0.1, 0.15) is 84.2 Å². The number of aldehydes is 1. The lowest BCUT2D eigenvalue weighted by Crippen LogP contribution is -2.44. The molecule has 1 fully saturated rings. The highest BCUT2D eigenvalue weighted by atomic mass is 16.7. The van der Waals surface area contributed by atoms with Gasteiger partial charge in [-0.1, -0.05) is 63.2 Å². The van der Waals surface area contributed by atoms with Crippen molar-refractivity contribution >= 4 is 12.2 Å². The van der Waals surface area contributed by atoms with E-state index < -0.39 is 0 Å². The number of hydrogen-bond acceptors (Lipinski definition) is 6. The summed E-state index contributed by atoms with van der Waals surface area (Å²) in [7, 11) is 1.97. The number of rotatable bonds is 7. The Morgan fingerprint density at radius 3 is 2.41 bits per heavy atom. The summed E-state index contributed by atoms with van der Waals surface area (Å²) in [5.41, 5.74) is 4.24. The van der Waals surface area contributed by atoms with E-state index in [0.29, 0.717) is 5.76 Å². The van der Waals surface area contributed by atoms with Gasteiger partial charge in [0.1, 0.15) is 12.0 Å². The molecule has 1 amide bonds. The number of carbonyl (C=O) groups is 2. The standard InChI is InChI=1S/C15H17NO2.C10H20N2O2.C2H6/c1-11(2)14(10-17)15-9-13(16-18-15)8-12-6-4-3-5-7-12;1-10(2,3)14-11-9(13)8-6-5-7-12(8)4;1-2/h3-7,9-11,14H,8H2,1-2H3;8H,5-7H2,1-4H3,(H,11,13);1-2H3. The topological polar surface area (TPSA) is 84.7 Å². The van der Waals surface area contributed by atoms with Crippen LogP contribution < -0.4 is 5.48 Å². The van der Waals surface area contributed by atoms with E-state index in [1.54, 1.807) is 0 Å². The van der Waals surface area contributed by atoms with E-state index in [1.165, 1.54) is 5.56 Å². The Kier molecular flexibility index (Phi) is 12.8. The highest BCUT2D eigenvalue weighted by Crippen LogP contribution is 2.23. The average molecular weight is 474 g/mol. The van der Waals surface area contributed by atoms with Crippen LogP contribution in [0.15, 0.2) is 40.9 Å². The zero-order chi connectivity index (χ0) is 25.7. The third kappa shape index (κ3) is 10.2. The fourth-order valence-electron chi connectivity index (χ4n) is 3.44. The first-order valence-electron chi connectivity index (χ1n) is 12.2. The molecular weight excluding hydrogens is 430 g/mol. The summed E-state index contributed by atoms with van der Waals surface area (Å²) in [6, 6.07) is 11.9. The van der Waals surface area contributed by atoms with Crippen LogP contribution in [0.2, 0.25) is 0 Å². The largest absolute Gasteiger partial charge is 0.360 e. The summed E-state index contributed by atoms with van der Waals surface area (Å²) < 4.78 is 5.27. The molecule has 1 aliphatic rings. The molecule has 0 spiro atoms. The van der Waals surface area contributed by atoms with E-state index in [-0.39, 0.29) is 29.4 Å². The predicted molar refractivity (Wildman–Crippen MR) is 135 cm³/mol. The molecule has 0 radical (unpaired) electrons. The van der Waals surface area contributed by atoms with Crippen molar-refractivity contribution in [1.82, 2.24) is 15.5 Å². The van der Waals surface area contributed by atoms with Gasteiger partial charge in [0.2, 0.25) is 0 Å². The highest BCUT2D eigenvalue weighted by Gasteiger charge is 2.28. The number of nitrogens with zero attached hydrogens (tertiary/aromatic N) is 2. The van der Waals surface area contributed by atoms with Crippen molar-refractivity contribution in [3.8, 4) is 0 Å². The van der Waals surface area contributed by atoms with Gasteiger partial charge >= 0.3 is 0 Å². The van der Waals surface area contributed by atoms with Crippen LogP contribution in [0.4, 0.5) is 0 Å². The number of amides is 1. The maximum atomic E-state index is 11.6. The van der Waals surface area contributed by atoms with Crippen molar-refractivity contribution in [3.05, 3.63) is 53.4 Å². The van der Waals surface area contributed by atoms with Gasteiger partial charge in [0.05, 0.1) is 23.3 Å². The Labute approximate surface area is 205 Å². The minimum absolute atomic E-state index is 0.0163. The minimum atomic E-state index is -0.327. The van der Waals surface area contributed by atoms with E-state index in [0.717, 1.165) is 37.8 Å². The molecule has 34 heavy (non-hydrogen) atoms. The van der Waals surface area contributed by atoms with Crippen molar-refractivity contribution in [2.75, 3.05) is 13.6 Å². The van der Waals surface area contributed by atoms with Crippen LogP contribution in [-0.4, -0.2) is 47.5 Å². The molecule has 7 nitrogen and oxygen atoms in total. The summed E-state index contributed by atoms with van der Waals surface area (Å²) in [5, 5.41) is 4.03. The molecule has 2 heterocycles. The minimum Gasteiger partial charge on any atom is -0.360 e. The van der Waals surface area contributed by atoms with Crippen molar-refractivity contribution in [2.24, 2.45) is 5.92 Å². The molecule has 2 unspecified atom stereocenters. The van der Waals surface area contributed by atoms with Crippen LogP contribution in [0.5, 0.6) is 0 Å². The van der Waals surface area contributed by atoms with E-state index in [2.05, 4.69) is 15.5 Å². The third-order valence-corrected chi connectivity index (χ3v) is 5.28. The summed E-state index contributed by atoms with van der Waals surface area (Å²) in [6.45, 7) is 14.7. The first-order valence-corrected chi connectivity index (χ1v) is 12.2. The Morgan fingerprint density at radius 2 is 1.91 bits per heavy atom. The molecular formula is C27H43N3O4. The lowest BCUT2D eigenvalue weighted by Gasteiger charge is -2.23. The van der Waals surface area contributed by atoms with Crippen molar-refractivity contribution in [2.45, 2.75) is 85.3 Å². The summed E-state index contributed by atoms with van der Waals surface area (Å²) >= 11 is 0. The average Bonchev–Trinajstić information content (AvgIpc) is 3.43. The molecule has 1 aromatic carbocycles. The van der Waals surface area contributed by atoms with Gasteiger partial charge in [-0.3, -0.25) is 14.5 Å². The van der Waals surface area contributed by atoms with Gasteiger partial charge in [-0.15, -0.1) is 0 Å². The maximum Gasteiger partial charge on any atom is 0.260 e. The first kappa shape index (κ1) is 29.5. The van der Waals surface area contributed by atoms with Crippen LogP contribution in [0, 0.1) is 5.92 Å². The van der Waals surface area contributed by atoms with Crippen molar-refractivity contribution < 1.29 is 18.9 Å². The zero-order valence-electron chi connectivity index (χ0n) is 22.1. The van der Waals surface area contributed by atoms with Gasteiger partial charge in [-0.2, -0.15) is 0 Å². The van der Waals surface area contributed by atoms with Crippen LogP contribution >= 0.6 is 0 Å². The molecule has 190 valence electrons. The van der Waals surface area contributed by atoms with Crippen molar-refractivity contribution in [3.63, 3.8) is 0 Å². The van der Waals surface area contributed by atoms with Gasteiger partial charge < -0.3 is 9.32 Å². The van der Waals surface area contributed by atoms with Gasteiger partial charge in [0, 0.05) is 12.5 Å². The predicted octanol–water partition coefficient (Wildman–Crippen LogP) is 5.16. The molecule has 0 aliphatic carbocycles. The molecule has 1 N–H and O–H groups in total. The van der Waals surface area contributed by atoms with Gasteiger partial charge in [-0.25, -0.2) is 5.48 Å². The Hall–Kier alpha value is -2.51. The highest BCUT2D eigenvalue weighted by molar-refractivity contribution is 5.81. The fraction of sp³-hybridized carbons (Fsp3) is 0.593. The third-order valence-electron chi connectivity index (χ3n) is 5.28. The summed E-state index contributed by atoms with van der Waals surface area (Å²) in [6.07, 6.45) is 3.67. The van der Waals surface area contributed by atoms with E-state index in [9.17, 15) is 9.59 Å². The second kappa shape index (κ2) is 14.7. The van der Waals surface area contributed by atoms with Crippen LogP contribution in [0.25, 0.3) is 0 Å². The van der Waals surface area contributed by atoms with Gasteiger partial charge in [0.15, 0.2) is 0 Å². The number of nitrogens with one attached hydrogen (secondary N) is 1. The van der Waals surface area contributed by atoms with Crippen LogP contribution in [-0.2, 0) is 20.8 Å². The monoisotopic (exact) mass is 473 g/mol. The number of benzene rings is 1. The molecule has 1 aliphatic heterocycles. The van der Waals surface area contributed by atoms with E-state index in [1.807, 2.05) is 91.9 Å². The number of hydroxylamine groups is 1. The molecule has 1 saturated heterocycles. The number of hydrogen-bond donors (Lipinski definition) is 1. The smallest absolute Gasteiger partial charge is 0.260 e. The Morgan fingerprint density at radius 1 is 1.26 bits per heavy atom. The number of carbonyl (C=O) groups excluding carboxylic acids is 2. The summed E-state index contributed by atoms with van der Waals surface area (Å²) in [5.74, 6) is 0.646. The van der Waals surface area contributed by atoms with E-state index >= 15 is 0 Å². The normalized spacial score (nSPS) is 16.7. The molecule has 0 bridgehead atoms. The SMILES string of the molecule is CC.CC(C)C(C=O)c1cc(Cc2ccccc2)no1.CN1CCCC1C(=O)NOC(C)(C)C. The second-order valence-electron chi connectivity index (χ2n) is 9.61. The zero-order valence-corrected chi connectivity index (χ0v) is 22.1. The van der Waals surface area contributed by atoms with E-state index in [4.69, 9.17) is 9.36 Å². The maximum absolute atomic E-state index is 11.6. The fourth-order valence-corrected chi connectivity index (χ4v) is 3.44. The van der Waals surface area contributed by atoms with Gasteiger partial charge in [0.25, 0.3) is 5.91 Å².